The molecule has 6 heteroatoms. The molecule has 0 saturated carbocycles. The van der Waals surface area contributed by atoms with Crippen molar-refractivity contribution in [1.82, 2.24) is 9.78 Å². The first-order valence-corrected chi connectivity index (χ1v) is 6.65. The number of nitrogens with two attached hydrogens (primary N) is 1. The van der Waals surface area contributed by atoms with Crippen molar-refractivity contribution in [2.75, 3.05) is 5.32 Å². The van der Waals surface area contributed by atoms with Gasteiger partial charge in [0.25, 0.3) is 0 Å². The van der Waals surface area contributed by atoms with Crippen molar-refractivity contribution in [3.8, 4) is 0 Å². The Bertz CT molecular complexity index is 636. The van der Waals surface area contributed by atoms with E-state index >= 15 is 0 Å². The molecule has 2 aromatic rings. The van der Waals surface area contributed by atoms with Gasteiger partial charge in [0.2, 0.25) is 5.91 Å². The third kappa shape index (κ3) is 3.64. The number of amides is 1. The predicted molar refractivity (Wildman–Crippen MR) is 82.5 cm³/mol. The number of nitrogens with one attached hydrogen (secondary N) is 1. The number of hydrogen-bond donors (Lipinski definition) is 2. The molecule has 1 heterocycles. The highest BCUT2D eigenvalue weighted by Crippen LogP contribution is 2.11. The normalized spacial score (nSPS) is 10.2. The first kappa shape index (κ1) is 14.2. The van der Waals surface area contributed by atoms with Crippen molar-refractivity contribution in [2.45, 2.75) is 19.9 Å². The molecule has 20 heavy (non-hydrogen) atoms. The van der Waals surface area contributed by atoms with E-state index in [1.54, 1.807) is 23.0 Å². The smallest absolute Gasteiger partial charge is 0.226 e. The van der Waals surface area contributed by atoms with Crippen LogP contribution in [0.3, 0.4) is 0 Å². The molecule has 1 aromatic carbocycles. The minimum absolute atomic E-state index is 0.0695. The number of thiocarbonyl (C=S) groups is 1. The number of hydrogen-bond acceptors (Lipinski definition) is 3. The quantitative estimate of drug-likeness (QED) is 0.824. The molecule has 5 nitrogen and oxygen atoms in total. The number of aryl methyl sites for hydroxylation is 2. The van der Waals surface area contributed by atoms with Gasteiger partial charge in [0.1, 0.15) is 4.99 Å². The fourth-order valence-electron chi connectivity index (χ4n) is 1.81. The molecule has 0 aliphatic rings. The molecular formula is C14H16N4OS. The van der Waals surface area contributed by atoms with Crippen molar-refractivity contribution in [3.63, 3.8) is 0 Å². The van der Waals surface area contributed by atoms with Crippen molar-refractivity contribution in [2.24, 2.45) is 5.73 Å². The highest BCUT2D eigenvalue weighted by atomic mass is 32.1. The number of carbonyl (C=O) groups is 1. The second kappa shape index (κ2) is 6.29. The average molecular weight is 288 g/mol. The summed E-state index contributed by atoms with van der Waals surface area (Å²) in [7, 11) is 0. The molecule has 0 saturated heterocycles. The minimum atomic E-state index is -0.0695. The lowest BCUT2D eigenvalue weighted by molar-refractivity contribution is -0.116. The van der Waals surface area contributed by atoms with E-state index in [4.69, 9.17) is 18.0 Å². The van der Waals surface area contributed by atoms with Crippen LogP contribution < -0.4 is 11.1 Å². The molecule has 3 N–H and O–H groups in total. The Balaban J connectivity index is 1.93. The summed E-state index contributed by atoms with van der Waals surface area (Å²) in [5, 5.41) is 6.96. The van der Waals surface area contributed by atoms with Crippen LogP contribution in [0.15, 0.2) is 36.5 Å². The van der Waals surface area contributed by atoms with Gasteiger partial charge in [-0.2, -0.15) is 5.10 Å². The van der Waals surface area contributed by atoms with Crippen molar-refractivity contribution in [3.05, 3.63) is 47.8 Å². The van der Waals surface area contributed by atoms with Gasteiger partial charge >= 0.3 is 0 Å². The van der Waals surface area contributed by atoms with E-state index in [9.17, 15) is 4.79 Å². The van der Waals surface area contributed by atoms with Crippen LogP contribution in [0, 0.1) is 6.92 Å². The summed E-state index contributed by atoms with van der Waals surface area (Å²) < 4.78 is 1.80. The standard InChI is InChI=1S/C14H16N4OS/c1-10-5-7-16-18(10)8-6-13(19)17-12-4-2-3-11(9-12)14(15)20/h2-5,7,9H,6,8H2,1H3,(H2,15,20)(H,17,19). The van der Waals surface area contributed by atoms with Crippen LogP contribution in [0.4, 0.5) is 5.69 Å². The number of carbonyl (C=O) groups excluding carboxylic acids is 1. The molecule has 0 spiro atoms. The van der Waals surface area contributed by atoms with Crippen molar-refractivity contribution in [1.29, 1.82) is 0 Å². The van der Waals surface area contributed by atoms with Gasteiger partial charge in [-0.3, -0.25) is 9.48 Å². The lowest BCUT2D eigenvalue weighted by Gasteiger charge is -2.08. The molecule has 0 unspecified atom stereocenters. The molecule has 0 aliphatic heterocycles. The van der Waals surface area contributed by atoms with Crippen LogP contribution >= 0.6 is 12.2 Å². The fourth-order valence-corrected chi connectivity index (χ4v) is 1.94. The summed E-state index contributed by atoms with van der Waals surface area (Å²) in [6, 6.07) is 9.09. The topological polar surface area (TPSA) is 72.9 Å². The average Bonchev–Trinajstić information content (AvgIpc) is 2.82. The summed E-state index contributed by atoms with van der Waals surface area (Å²) in [6.45, 7) is 2.51. The minimum Gasteiger partial charge on any atom is -0.389 e. The second-order valence-electron chi connectivity index (χ2n) is 4.44. The van der Waals surface area contributed by atoms with Gasteiger partial charge in [0.15, 0.2) is 0 Å². The van der Waals surface area contributed by atoms with Crippen LogP contribution in [0.5, 0.6) is 0 Å². The van der Waals surface area contributed by atoms with E-state index < -0.39 is 0 Å². The highest BCUT2D eigenvalue weighted by molar-refractivity contribution is 7.80. The van der Waals surface area contributed by atoms with Crippen molar-refractivity contribution < 1.29 is 4.79 Å². The number of benzene rings is 1. The molecule has 2 rings (SSSR count). The Kier molecular flexibility index (Phi) is 4.47. The lowest BCUT2D eigenvalue weighted by atomic mass is 10.2. The van der Waals surface area contributed by atoms with Crippen LogP contribution in [-0.4, -0.2) is 20.7 Å². The van der Waals surface area contributed by atoms with E-state index in [1.165, 1.54) is 0 Å². The first-order chi connectivity index (χ1) is 9.56. The van der Waals surface area contributed by atoms with Gasteiger partial charge in [-0.1, -0.05) is 24.4 Å². The Labute approximate surface area is 122 Å². The Morgan fingerprint density at radius 2 is 2.25 bits per heavy atom. The molecule has 104 valence electrons. The largest absolute Gasteiger partial charge is 0.389 e. The van der Waals surface area contributed by atoms with Gasteiger partial charge in [-0.15, -0.1) is 0 Å². The molecule has 1 aromatic heterocycles. The van der Waals surface area contributed by atoms with Gasteiger partial charge < -0.3 is 11.1 Å². The first-order valence-electron chi connectivity index (χ1n) is 6.24. The maximum atomic E-state index is 11.9. The summed E-state index contributed by atoms with van der Waals surface area (Å²) >= 11 is 4.91. The van der Waals surface area contributed by atoms with Gasteiger partial charge in [-0.25, -0.2) is 0 Å². The third-order valence-corrected chi connectivity index (χ3v) is 3.15. The zero-order valence-corrected chi connectivity index (χ0v) is 12.0. The van der Waals surface area contributed by atoms with E-state index in [2.05, 4.69) is 10.4 Å². The molecule has 0 radical (unpaired) electrons. The zero-order valence-electron chi connectivity index (χ0n) is 11.2. The van der Waals surface area contributed by atoms with Gasteiger partial charge in [0, 0.05) is 36.1 Å². The maximum absolute atomic E-state index is 11.9. The number of nitrogens with zero attached hydrogens (tertiary/aromatic N) is 2. The number of aromatic nitrogens is 2. The third-order valence-electron chi connectivity index (χ3n) is 2.91. The summed E-state index contributed by atoms with van der Waals surface area (Å²) in [4.78, 5) is 12.2. The van der Waals surface area contributed by atoms with E-state index in [-0.39, 0.29) is 5.91 Å². The van der Waals surface area contributed by atoms with Crippen LogP contribution in [0.25, 0.3) is 0 Å². The second-order valence-corrected chi connectivity index (χ2v) is 4.88. The molecule has 0 atom stereocenters. The van der Waals surface area contributed by atoms with Crippen LogP contribution in [0.1, 0.15) is 17.7 Å². The highest BCUT2D eigenvalue weighted by Gasteiger charge is 2.05. The van der Waals surface area contributed by atoms with Crippen LogP contribution in [0.2, 0.25) is 0 Å². The molecule has 0 aliphatic carbocycles. The Hall–Kier alpha value is -2.21. The Morgan fingerprint density at radius 3 is 2.90 bits per heavy atom. The van der Waals surface area contributed by atoms with E-state index in [1.807, 2.05) is 25.1 Å². The van der Waals surface area contributed by atoms with Crippen molar-refractivity contribution >= 4 is 28.8 Å². The molecule has 0 fully saturated rings. The molecule has 0 bridgehead atoms. The zero-order chi connectivity index (χ0) is 14.5. The lowest BCUT2D eigenvalue weighted by Crippen LogP contribution is -2.16. The van der Waals surface area contributed by atoms with Crippen LogP contribution in [-0.2, 0) is 11.3 Å². The summed E-state index contributed by atoms with van der Waals surface area (Å²) in [6.07, 6.45) is 2.08. The Morgan fingerprint density at radius 1 is 1.45 bits per heavy atom. The SMILES string of the molecule is Cc1ccnn1CCC(=O)Nc1cccc(C(N)=S)c1. The molecule has 1 amide bonds. The molecular weight excluding hydrogens is 272 g/mol. The summed E-state index contributed by atoms with van der Waals surface area (Å²) in [5.74, 6) is -0.0695. The summed E-state index contributed by atoms with van der Waals surface area (Å²) in [5.41, 5.74) is 8.02. The van der Waals surface area contributed by atoms with Gasteiger partial charge in [0.05, 0.1) is 0 Å². The van der Waals surface area contributed by atoms with E-state index in [0.717, 1.165) is 11.3 Å². The van der Waals surface area contributed by atoms with E-state index in [0.29, 0.717) is 23.6 Å². The number of rotatable bonds is 5. The monoisotopic (exact) mass is 288 g/mol. The maximum Gasteiger partial charge on any atom is 0.226 e. The predicted octanol–water partition coefficient (Wildman–Crippen LogP) is 1.85. The fraction of sp³-hybridized carbons (Fsp3) is 0.214. The van der Waals surface area contributed by atoms with Gasteiger partial charge in [-0.05, 0) is 25.1 Å². The number of anilines is 1.